The Labute approximate surface area is 151 Å². The average molecular weight is 380 g/mol. The molecular formula is C17H20N2O6S. The van der Waals surface area contributed by atoms with Gasteiger partial charge in [0.05, 0.1) is 18.0 Å². The lowest BCUT2D eigenvalue weighted by Gasteiger charge is -2.17. The second-order valence-electron chi connectivity index (χ2n) is 5.86. The monoisotopic (exact) mass is 380 g/mol. The molecule has 8 nitrogen and oxygen atoms in total. The van der Waals surface area contributed by atoms with E-state index in [1.807, 2.05) is 0 Å². The molecule has 2 N–H and O–H groups in total. The fourth-order valence-electron chi connectivity index (χ4n) is 2.34. The van der Waals surface area contributed by atoms with E-state index in [1.54, 1.807) is 30.3 Å². The van der Waals surface area contributed by atoms with Crippen LogP contribution in [0.3, 0.4) is 0 Å². The molecule has 0 bridgehead atoms. The van der Waals surface area contributed by atoms with Crippen LogP contribution >= 0.6 is 0 Å². The number of rotatable bonds is 7. The zero-order chi connectivity index (χ0) is 19.5. The van der Waals surface area contributed by atoms with Gasteiger partial charge in [-0.05, 0) is 12.5 Å². The normalized spacial score (nSPS) is 12.8. The molecule has 1 aromatic heterocycles. The molecule has 1 unspecified atom stereocenters. The maximum absolute atomic E-state index is 12.6. The standard InChI is InChI=1S/C17H20N2O6S/c1-11-13(9-16(25-11)26(23,24)19(2)3)17(22)18-14(10-15(20)21)12-7-5-4-6-8-12/h4-9,14H,10H2,1-3H3,(H,18,22)(H,20,21). The van der Waals surface area contributed by atoms with Gasteiger partial charge in [-0.25, -0.2) is 12.7 Å². The average Bonchev–Trinajstić information content (AvgIpc) is 2.97. The number of amides is 1. The predicted molar refractivity (Wildman–Crippen MR) is 93.2 cm³/mol. The van der Waals surface area contributed by atoms with Crippen LogP contribution in [-0.4, -0.2) is 43.8 Å². The molecule has 2 rings (SSSR count). The summed E-state index contributed by atoms with van der Waals surface area (Å²) in [5.74, 6) is -1.55. The van der Waals surface area contributed by atoms with Crippen molar-refractivity contribution < 1.29 is 27.5 Å². The van der Waals surface area contributed by atoms with Crippen LogP contribution in [0.5, 0.6) is 0 Å². The zero-order valence-corrected chi connectivity index (χ0v) is 15.4. The SMILES string of the molecule is Cc1oc(S(=O)(=O)N(C)C)cc1C(=O)NC(CC(=O)O)c1ccccc1. The summed E-state index contributed by atoms with van der Waals surface area (Å²) >= 11 is 0. The van der Waals surface area contributed by atoms with Crippen molar-refractivity contribution in [3.05, 3.63) is 53.3 Å². The van der Waals surface area contributed by atoms with E-state index in [1.165, 1.54) is 21.0 Å². The van der Waals surface area contributed by atoms with Gasteiger partial charge in [0.2, 0.25) is 5.09 Å². The Morgan fingerprint density at radius 1 is 1.23 bits per heavy atom. The van der Waals surface area contributed by atoms with Crippen molar-refractivity contribution in [3.8, 4) is 0 Å². The second kappa shape index (κ2) is 7.71. The van der Waals surface area contributed by atoms with E-state index in [0.717, 1.165) is 10.4 Å². The van der Waals surface area contributed by atoms with Gasteiger partial charge in [-0.15, -0.1) is 0 Å². The topological polar surface area (TPSA) is 117 Å². The number of aliphatic carboxylic acids is 1. The summed E-state index contributed by atoms with van der Waals surface area (Å²) in [6.45, 7) is 1.47. The lowest BCUT2D eigenvalue weighted by atomic mass is 10.0. The first kappa shape index (κ1) is 19.7. The first-order valence-corrected chi connectivity index (χ1v) is 9.17. The van der Waals surface area contributed by atoms with E-state index in [4.69, 9.17) is 9.52 Å². The molecule has 9 heteroatoms. The van der Waals surface area contributed by atoms with Crippen LogP contribution in [0.1, 0.15) is 34.1 Å². The first-order valence-electron chi connectivity index (χ1n) is 7.73. The molecular weight excluding hydrogens is 360 g/mol. The summed E-state index contributed by atoms with van der Waals surface area (Å²) in [5.41, 5.74) is 0.669. The largest absolute Gasteiger partial charge is 0.481 e. The molecule has 0 fully saturated rings. The van der Waals surface area contributed by atoms with E-state index in [2.05, 4.69) is 5.32 Å². The minimum Gasteiger partial charge on any atom is -0.481 e. The van der Waals surface area contributed by atoms with Gasteiger partial charge in [0.1, 0.15) is 5.76 Å². The van der Waals surface area contributed by atoms with Crippen LogP contribution in [0, 0.1) is 6.92 Å². The van der Waals surface area contributed by atoms with Crippen molar-refractivity contribution in [3.63, 3.8) is 0 Å². The molecule has 1 heterocycles. The van der Waals surface area contributed by atoms with Crippen LogP contribution in [0.4, 0.5) is 0 Å². The van der Waals surface area contributed by atoms with Gasteiger partial charge in [-0.2, -0.15) is 0 Å². The number of furan rings is 1. The van der Waals surface area contributed by atoms with E-state index in [-0.39, 0.29) is 22.8 Å². The fraction of sp³-hybridized carbons (Fsp3) is 0.294. The van der Waals surface area contributed by atoms with Crippen LogP contribution in [0.15, 0.2) is 45.9 Å². The number of carbonyl (C=O) groups excluding carboxylic acids is 1. The molecule has 26 heavy (non-hydrogen) atoms. The molecule has 0 radical (unpaired) electrons. The van der Waals surface area contributed by atoms with Gasteiger partial charge in [0.15, 0.2) is 0 Å². The van der Waals surface area contributed by atoms with Gasteiger partial charge < -0.3 is 14.8 Å². The van der Waals surface area contributed by atoms with Crippen molar-refractivity contribution in [2.45, 2.75) is 24.5 Å². The maximum atomic E-state index is 12.6. The quantitative estimate of drug-likeness (QED) is 0.756. The summed E-state index contributed by atoms with van der Waals surface area (Å²) < 4.78 is 30.5. The number of sulfonamides is 1. The number of nitrogens with zero attached hydrogens (tertiary/aromatic N) is 1. The van der Waals surface area contributed by atoms with Crippen molar-refractivity contribution in [2.75, 3.05) is 14.1 Å². The molecule has 1 aromatic carbocycles. The third-order valence-electron chi connectivity index (χ3n) is 3.76. The molecule has 0 saturated carbocycles. The number of hydrogen-bond donors (Lipinski definition) is 2. The molecule has 0 spiro atoms. The minimum atomic E-state index is -3.82. The number of hydrogen-bond acceptors (Lipinski definition) is 5. The van der Waals surface area contributed by atoms with Gasteiger partial charge >= 0.3 is 5.97 Å². The molecule has 140 valence electrons. The molecule has 0 saturated heterocycles. The van der Waals surface area contributed by atoms with Gasteiger partial charge in [0, 0.05) is 20.2 Å². The molecule has 0 aliphatic carbocycles. The number of aryl methyl sites for hydroxylation is 1. The Morgan fingerprint density at radius 3 is 2.38 bits per heavy atom. The van der Waals surface area contributed by atoms with Gasteiger partial charge in [0.25, 0.3) is 15.9 Å². The van der Waals surface area contributed by atoms with Gasteiger partial charge in [-0.3, -0.25) is 9.59 Å². The van der Waals surface area contributed by atoms with E-state index >= 15 is 0 Å². The smallest absolute Gasteiger partial charge is 0.305 e. The highest BCUT2D eigenvalue weighted by atomic mass is 32.2. The number of nitrogens with one attached hydrogen (secondary N) is 1. The van der Waals surface area contributed by atoms with Crippen molar-refractivity contribution in [2.24, 2.45) is 0 Å². The molecule has 1 amide bonds. The van der Waals surface area contributed by atoms with Crippen LogP contribution in [0.25, 0.3) is 0 Å². The van der Waals surface area contributed by atoms with Crippen LogP contribution in [0.2, 0.25) is 0 Å². The Morgan fingerprint density at radius 2 is 1.85 bits per heavy atom. The highest BCUT2D eigenvalue weighted by Crippen LogP contribution is 2.23. The number of carbonyl (C=O) groups is 2. The third-order valence-corrected chi connectivity index (χ3v) is 5.43. The van der Waals surface area contributed by atoms with Gasteiger partial charge in [-0.1, -0.05) is 30.3 Å². The Hall–Kier alpha value is -2.65. The fourth-order valence-corrected chi connectivity index (χ4v) is 3.19. The third kappa shape index (κ3) is 4.30. The van der Waals surface area contributed by atoms with Crippen molar-refractivity contribution in [1.29, 1.82) is 0 Å². The molecule has 2 aromatic rings. The maximum Gasteiger partial charge on any atom is 0.305 e. The highest BCUT2D eigenvalue weighted by Gasteiger charge is 2.27. The summed E-state index contributed by atoms with van der Waals surface area (Å²) in [5, 5.41) is 11.4. The molecule has 1 atom stereocenters. The van der Waals surface area contributed by atoms with Crippen LogP contribution in [-0.2, 0) is 14.8 Å². The summed E-state index contributed by atoms with van der Waals surface area (Å²) in [7, 11) is -1.11. The summed E-state index contributed by atoms with van der Waals surface area (Å²) in [4.78, 5) is 23.7. The van der Waals surface area contributed by atoms with Crippen LogP contribution < -0.4 is 5.32 Å². The van der Waals surface area contributed by atoms with E-state index in [0.29, 0.717) is 5.56 Å². The molecule has 0 aliphatic rings. The predicted octanol–water partition coefficient (Wildman–Crippen LogP) is 1.78. The Bertz CT molecular complexity index is 903. The van der Waals surface area contributed by atoms with Crippen molar-refractivity contribution >= 4 is 21.9 Å². The molecule has 0 aliphatic heterocycles. The van der Waals surface area contributed by atoms with E-state index in [9.17, 15) is 18.0 Å². The first-order chi connectivity index (χ1) is 12.1. The number of carboxylic acids is 1. The second-order valence-corrected chi connectivity index (χ2v) is 7.94. The zero-order valence-electron chi connectivity index (χ0n) is 14.6. The minimum absolute atomic E-state index is 0.0387. The lowest BCUT2D eigenvalue weighted by molar-refractivity contribution is -0.137. The Kier molecular flexibility index (Phi) is 5.83. The summed E-state index contributed by atoms with van der Waals surface area (Å²) in [6, 6.07) is 9.05. The Balaban J connectivity index is 2.30. The number of carboxylic acid groups (broad SMARTS) is 1. The number of benzene rings is 1. The summed E-state index contributed by atoms with van der Waals surface area (Å²) in [6.07, 6.45) is -0.310. The van der Waals surface area contributed by atoms with E-state index < -0.39 is 27.9 Å². The lowest BCUT2D eigenvalue weighted by Crippen LogP contribution is -2.30. The van der Waals surface area contributed by atoms with Crippen molar-refractivity contribution in [1.82, 2.24) is 9.62 Å². The highest BCUT2D eigenvalue weighted by molar-refractivity contribution is 7.88.